The average Bonchev–Trinajstić information content (AvgIpc) is 2.00. The van der Waals surface area contributed by atoms with Crippen LogP contribution in [0.25, 0.3) is 0 Å². The Balaban J connectivity index is -0.0000000216. The van der Waals surface area contributed by atoms with Gasteiger partial charge in [-0.05, 0) is 41.5 Å². The summed E-state index contributed by atoms with van der Waals surface area (Å²) >= 11 is 0. The van der Waals surface area contributed by atoms with E-state index in [1.54, 1.807) is 0 Å². The zero-order valence-electron chi connectivity index (χ0n) is 12.0. The van der Waals surface area contributed by atoms with E-state index in [0.717, 1.165) is 0 Å². The molecule has 0 aromatic rings. The zero-order valence-corrected chi connectivity index (χ0v) is 12.0. The first kappa shape index (κ1) is 42.8. The molecule has 0 rings (SSSR count). The van der Waals surface area contributed by atoms with Crippen LogP contribution in [0.3, 0.4) is 0 Å². The third kappa shape index (κ3) is 17100. The minimum Gasteiger partial charge on any atom is -0.469 e. The molecule has 0 spiro atoms. The van der Waals surface area contributed by atoms with E-state index in [1.165, 1.54) is 55.6 Å². The number of Topliss-reactive ketones (excluding diaryl/α,β-unsaturated/α-hetero) is 3. The Hall–Kier alpha value is -1.52. The summed E-state index contributed by atoms with van der Waals surface area (Å²) in [4.78, 5) is 37.9. The molecule has 5 heteroatoms. The SMILES string of the molecule is C.C.C.CC(C)=O.CC(C)=O.CC(C)=O.COC(C)=O. The second kappa shape index (κ2) is 36.0. The van der Waals surface area contributed by atoms with Gasteiger partial charge in [0, 0.05) is 6.92 Å². The predicted octanol–water partition coefficient (Wildman–Crippen LogP) is 3.87. The van der Waals surface area contributed by atoms with Crippen LogP contribution >= 0.6 is 0 Å². The standard InChI is InChI=1S/C3H6O2.3C3H6O.3CH4/c1-3(4)5-2;3*1-3(2)4;;;/h1-2H3;3*1-2H3;3*1H4. The van der Waals surface area contributed by atoms with Gasteiger partial charge in [0.1, 0.15) is 17.3 Å². The van der Waals surface area contributed by atoms with Crippen molar-refractivity contribution in [3.8, 4) is 0 Å². The smallest absolute Gasteiger partial charge is 0.302 e. The number of carbonyl (C=O) groups is 4. The van der Waals surface area contributed by atoms with E-state index >= 15 is 0 Å². The molecule has 0 saturated carbocycles. The Morgan fingerprint density at radius 1 is 0.550 bits per heavy atom. The number of esters is 1. The molecule has 0 aromatic carbocycles. The molecule has 20 heavy (non-hydrogen) atoms. The fourth-order valence-electron chi connectivity index (χ4n) is 0. The lowest BCUT2D eigenvalue weighted by atomic mass is 10.6. The van der Waals surface area contributed by atoms with Gasteiger partial charge in [-0.25, -0.2) is 0 Å². The van der Waals surface area contributed by atoms with Crippen molar-refractivity contribution in [3.63, 3.8) is 0 Å². The first-order chi connectivity index (χ1) is 7.47. The van der Waals surface area contributed by atoms with Crippen LogP contribution in [0, 0.1) is 0 Å². The highest BCUT2D eigenvalue weighted by atomic mass is 16.5. The van der Waals surface area contributed by atoms with Crippen LogP contribution in [0.1, 0.15) is 70.7 Å². The van der Waals surface area contributed by atoms with Crippen molar-refractivity contribution < 1.29 is 23.9 Å². The van der Waals surface area contributed by atoms with Gasteiger partial charge in [-0.1, -0.05) is 22.3 Å². The molecule has 0 aliphatic carbocycles. The van der Waals surface area contributed by atoms with Gasteiger partial charge in [0.15, 0.2) is 0 Å². The lowest BCUT2D eigenvalue weighted by Gasteiger charge is -1.80. The van der Waals surface area contributed by atoms with Gasteiger partial charge < -0.3 is 19.1 Å². The van der Waals surface area contributed by atoms with Crippen molar-refractivity contribution in [1.29, 1.82) is 0 Å². The topological polar surface area (TPSA) is 77.5 Å². The van der Waals surface area contributed by atoms with E-state index in [-0.39, 0.29) is 45.6 Å². The van der Waals surface area contributed by atoms with Crippen LogP contribution in [0.15, 0.2) is 0 Å². The van der Waals surface area contributed by atoms with E-state index in [1.807, 2.05) is 0 Å². The number of carbonyl (C=O) groups excluding carboxylic acids is 4. The summed E-state index contributed by atoms with van der Waals surface area (Å²) in [5.41, 5.74) is 0. The molecular weight excluding hydrogens is 260 g/mol. The minimum atomic E-state index is -0.245. The highest BCUT2D eigenvalue weighted by Crippen LogP contribution is 1.60. The normalized spacial score (nSPS) is 5.60. The van der Waals surface area contributed by atoms with Crippen molar-refractivity contribution >= 4 is 23.3 Å². The molecule has 0 atom stereocenters. The Morgan fingerprint density at radius 2 is 0.600 bits per heavy atom. The summed E-state index contributed by atoms with van der Waals surface area (Å²) in [6.07, 6.45) is 0. The van der Waals surface area contributed by atoms with Crippen LogP contribution in [-0.4, -0.2) is 30.4 Å². The van der Waals surface area contributed by atoms with Crippen molar-refractivity contribution in [2.45, 2.75) is 70.7 Å². The van der Waals surface area contributed by atoms with Crippen LogP contribution in [0.5, 0.6) is 0 Å². The Bertz CT molecular complexity index is 192. The van der Waals surface area contributed by atoms with Crippen molar-refractivity contribution in [1.82, 2.24) is 0 Å². The minimum absolute atomic E-state index is 0. The number of rotatable bonds is 0. The molecule has 0 aromatic heterocycles. The van der Waals surface area contributed by atoms with E-state index < -0.39 is 0 Å². The van der Waals surface area contributed by atoms with Gasteiger partial charge >= 0.3 is 5.97 Å². The van der Waals surface area contributed by atoms with Crippen LogP contribution in [-0.2, 0) is 23.9 Å². The largest absolute Gasteiger partial charge is 0.469 e. The average molecular weight is 296 g/mol. The highest BCUT2D eigenvalue weighted by Gasteiger charge is 1.75. The fraction of sp³-hybridized carbons (Fsp3) is 0.733. The van der Waals surface area contributed by atoms with Crippen LogP contribution < -0.4 is 0 Å². The summed E-state index contributed by atoms with van der Waals surface area (Å²) in [5, 5.41) is 0. The third-order valence-corrected chi connectivity index (χ3v) is 0.287. The third-order valence-electron chi connectivity index (χ3n) is 0.287. The van der Waals surface area contributed by atoms with Crippen molar-refractivity contribution in [2.75, 3.05) is 7.11 Å². The number of ether oxygens (including phenoxy) is 1. The highest BCUT2D eigenvalue weighted by molar-refractivity contribution is 5.72. The predicted molar refractivity (Wildman–Crippen MR) is 86.9 cm³/mol. The van der Waals surface area contributed by atoms with E-state index in [2.05, 4.69) is 4.74 Å². The van der Waals surface area contributed by atoms with Crippen LogP contribution in [0.2, 0.25) is 0 Å². The molecule has 0 amide bonds. The molecule has 126 valence electrons. The maximum Gasteiger partial charge on any atom is 0.302 e. The first-order valence-electron chi connectivity index (χ1n) is 4.93. The molecular formula is C15H36O5. The van der Waals surface area contributed by atoms with E-state index in [9.17, 15) is 19.2 Å². The van der Waals surface area contributed by atoms with Gasteiger partial charge in [0.2, 0.25) is 0 Å². The zero-order chi connectivity index (χ0) is 15.0. The first-order valence-corrected chi connectivity index (χ1v) is 4.93. The Kier molecular flexibility index (Phi) is 77.2. The van der Waals surface area contributed by atoms with E-state index in [0.29, 0.717) is 0 Å². The van der Waals surface area contributed by atoms with Crippen molar-refractivity contribution in [3.05, 3.63) is 0 Å². The maximum atomic E-state index is 9.59. The number of hydrogen-bond acceptors (Lipinski definition) is 5. The molecule has 0 N–H and O–H groups in total. The molecule has 0 unspecified atom stereocenters. The number of hydrogen-bond donors (Lipinski definition) is 0. The van der Waals surface area contributed by atoms with Crippen molar-refractivity contribution in [2.24, 2.45) is 0 Å². The van der Waals surface area contributed by atoms with Gasteiger partial charge in [0.25, 0.3) is 0 Å². The van der Waals surface area contributed by atoms with Gasteiger partial charge in [0.05, 0.1) is 7.11 Å². The second-order valence-corrected chi connectivity index (χ2v) is 3.42. The van der Waals surface area contributed by atoms with E-state index in [4.69, 9.17) is 0 Å². The Morgan fingerprint density at radius 3 is 0.600 bits per heavy atom. The van der Waals surface area contributed by atoms with Gasteiger partial charge in [-0.3, -0.25) is 4.79 Å². The van der Waals surface area contributed by atoms with Gasteiger partial charge in [-0.2, -0.15) is 0 Å². The lowest BCUT2D eigenvalue weighted by Crippen LogP contribution is -1.88. The molecule has 0 bridgehead atoms. The maximum absolute atomic E-state index is 9.59. The summed E-state index contributed by atoms with van der Waals surface area (Å²) < 4.78 is 4.11. The molecule has 0 fully saturated rings. The summed E-state index contributed by atoms with van der Waals surface area (Å²) in [6.45, 7) is 10.5. The number of methoxy groups -OCH3 is 1. The lowest BCUT2D eigenvalue weighted by molar-refractivity contribution is -0.138. The molecule has 5 nitrogen and oxygen atoms in total. The summed E-state index contributed by atoms with van der Waals surface area (Å²) in [6, 6.07) is 0. The molecule has 0 radical (unpaired) electrons. The summed E-state index contributed by atoms with van der Waals surface area (Å²) in [7, 11) is 1.35. The monoisotopic (exact) mass is 296 g/mol. The molecule has 0 saturated heterocycles. The molecule has 0 heterocycles. The quantitative estimate of drug-likeness (QED) is 0.634. The number of ketones is 3. The molecule has 0 aliphatic heterocycles. The fourth-order valence-corrected chi connectivity index (χ4v) is 0. The molecule has 0 aliphatic rings. The second-order valence-electron chi connectivity index (χ2n) is 3.42. The summed E-state index contributed by atoms with van der Waals surface area (Å²) in [5.74, 6) is 0.255. The van der Waals surface area contributed by atoms with Crippen LogP contribution in [0.4, 0.5) is 0 Å². The Labute approximate surface area is 126 Å². The van der Waals surface area contributed by atoms with Gasteiger partial charge in [-0.15, -0.1) is 0 Å².